The largest absolute Gasteiger partial charge is 0.463 e. The average Bonchev–Trinajstić information content (AvgIpc) is 2.90. The van der Waals surface area contributed by atoms with Gasteiger partial charge in [-0.25, -0.2) is 4.79 Å². The third kappa shape index (κ3) is 6.12. The number of aryl methyl sites for hydroxylation is 1. The standard InChI is InChI=1S/C30H31N3O4/c1-4-37-30(36)28-21(3)33(27(34)16-26(28)24-11-5-8-20(2)14-24)19-22-9-6-12-25(15-22)29(35)32-18-23-10-7-13-31-17-23/h5-15,17,26H,4,16,18-19H2,1-3H3,(H,32,35)/t26-/m0/s1. The lowest BCUT2D eigenvalue weighted by Crippen LogP contribution is -2.38. The van der Waals surface area contributed by atoms with Crippen LogP contribution < -0.4 is 5.32 Å². The SMILES string of the molecule is CCOC(=O)C1=C(C)N(Cc2cccc(C(=O)NCc3cccnc3)c2)C(=O)C[C@H]1c1cccc(C)c1. The van der Waals surface area contributed by atoms with E-state index in [4.69, 9.17) is 4.74 Å². The Bertz CT molecular complexity index is 1330. The Morgan fingerprint density at radius 1 is 1.05 bits per heavy atom. The number of nitrogens with zero attached hydrogens (tertiary/aromatic N) is 2. The minimum atomic E-state index is -0.410. The van der Waals surface area contributed by atoms with Crippen LogP contribution in [0.15, 0.2) is 84.3 Å². The first-order chi connectivity index (χ1) is 17.9. The van der Waals surface area contributed by atoms with Gasteiger partial charge in [-0.15, -0.1) is 0 Å². The van der Waals surface area contributed by atoms with Crippen molar-refractivity contribution in [3.63, 3.8) is 0 Å². The number of pyridine rings is 1. The van der Waals surface area contributed by atoms with Crippen LogP contribution in [0.4, 0.5) is 0 Å². The van der Waals surface area contributed by atoms with E-state index in [0.717, 1.165) is 22.3 Å². The number of rotatable bonds is 8. The van der Waals surface area contributed by atoms with Gasteiger partial charge in [0.25, 0.3) is 5.91 Å². The number of amides is 2. The Hall–Kier alpha value is -4.26. The topological polar surface area (TPSA) is 88.6 Å². The molecule has 0 aliphatic carbocycles. The highest BCUT2D eigenvalue weighted by atomic mass is 16.5. The Morgan fingerprint density at radius 2 is 1.84 bits per heavy atom. The van der Waals surface area contributed by atoms with Crippen molar-refractivity contribution >= 4 is 17.8 Å². The fraction of sp³-hybridized carbons (Fsp3) is 0.267. The van der Waals surface area contributed by atoms with Crippen LogP contribution in [0.1, 0.15) is 58.8 Å². The van der Waals surface area contributed by atoms with Gasteiger partial charge in [-0.3, -0.25) is 14.6 Å². The molecular weight excluding hydrogens is 466 g/mol. The van der Waals surface area contributed by atoms with E-state index in [1.807, 2.05) is 49.4 Å². The van der Waals surface area contributed by atoms with Gasteiger partial charge in [-0.05, 0) is 55.7 Å². The van der Waals surface area contributed by atoms with Gasteiger partial charge in [0.15, 0.2) is 0 Å². The van der Waals surface area contributed by atoms with Crippen LogP contribution in [0.3, 0.4) is 0 Å². The average molecular weight is 498 g/mol. The molecule has 2 amide bonds. The van der Waals surface area contributed by atoms with Crippen molar-refractivity contribution in [2.24, 2.45) is 0 Å². The number of hydrogen-bond acceptors (Lipinski definition) is 5. The first-order valence-corrected chi connectivity index (χ1v) is 12.4. The third-order valence-corrected chi connectivity index (χ3v) is 6.47. The fourth-order valence-corrected chi connectivity index (χ4v) is 4.63. The molecule has 1 aliphatic rings. The monoisotopic (exact) mass is 497 g/mol. The van der Waals surface area contributed by atoms with Gasteiger partial charge >= 0.3 is 5.97 Å². The van der Waals surface area contributed by atoms with Crippen LogP contribution in [0, 0.1) is 6.92 Å². The molecule has 0 spiro atoms. The summed E-state index contributed by atoms with van der Waals surface area (Å²) in [6, 6.07) is 18.8. The molecule has 1 N–H and O–H groups in total. The second kappa shape index (κ2) is 11.6. The van der Waals surface area contributed by atoms with Crippen LogP contribution in [-0.4, -0.2) is 34.3 Å². The minimum Gasteiger partial charge on any atom is -0.463 e. The van der Waals surface area contributed by atoms with E-state index < -0.39 is 5.97 Å². The summed E-state index contributed by atoms with van der Waals surface area (Å²) < 4.78 is 5.39. The lowest BCUT2D eigenvalue weighted by atomic mass is 9.83. The van der Waals surface area contributed by atoms with Gasteiger partial charge in [-0.2, -0.15) is 0 Å². The summed E-state index contributed by atoms with van der Waals surface area (Å²) in [5.41, 5.74) is 5.25. The molecule has 0 fully saturated rings. The van der Waals surface area contributed by atoms with Gasteiger partial charge in [0.05, 0.1) is 18.7 Å². The molecule has 0 saturated heterocycles. The molecule has 37 heavy (non-hydrogen) atoms. The molecule has 1 aromatic heterocycles. The molecule has 0 saturated carbocycles. The van der Waals surface area contributed by atoms with Crippen molar-refractivity contribution in [2.45, 2.75) is 46.2 Å². The highest BCUT2D eigenvalue weighted by Gasteiger charge is 2.37. The maximum atomic E-state index is 13.3. The second-order valence-corrected chi connectivity index (χ2v) is 9.11. The maximum absolute atomic E-state index is 13.3. The van der Waals surface area contributed by atoms with Crippen LogP contribution in [-0.2, 0) is 27.4 Å². The van der Waals surface area contributed by atoms with E-state index in [1.165, 1.54) is 0 Å². The van der Waals surface area contributed by atoms with E-state index in [9.17, 15) is 14.4 Å². The molecule has 7 heteroatoms. The fourth-order valence-electron chi connectivity index (χ4n) is 4.63. The van der Waals surface area contributed by atoms with E-state index in [0.29, 0.717) is 23.4 Å². The lowest BCUT2D eigenvalue weighted by molar-refractivity contribution is -0.140. The predicted octanol–water partition coefficient (Wildman–Crippen LogP) is 4.67. The van der Waals surface area contributed by atoms with E-state index in [2.05, 4.69) is 10.3 Å². The van der Waals surface area contributed by atoms with Crippen molar-refractivity contribution in [1.82, 2.24) is 15.2 Å². The summed E-state index contributed by atoms with van der Waals surface area (Å²) >= 11 is 0. The number of allylic oxidation sites excluding steroid dienone is 1. The van der Waals surface area contributed by atoms with E-state index in [1.54, 1.807) is 49.3 Å². The van der Waals surface area contributed by atoms with Crippen LogP contribution in [0.5, 0.6) is 0 Å². The molecule has 7 nitrogen and oxygen atoms in total. The quantitative estimate of drug-likeness (QED) is 0.457. The molecule has 0 bridgehead atoms. The number of nitrogens with one attached hydrogen (secondary N) is 1. The van der Waals surface area contributed by atoms with Gasteiger partial charge < -0.3 is 15.0 Å². The normalized spacial score (nSPS) is 15.5. The second-order valence-electron chi connectivity index (χ2n) is 9.11. The number of carbonyl (C=O) groups is 3. The molecular formula is C30H31N3O4. The Morgan fingerprint density at radius 3 is 2.57 bits per heavy atom. The van der Waals surface area contributed by atoms with Crippen LogP contribution >= 0.6 is 0 Å². The molecule has 4 rings (SSSR count). The molecule has 3 aromatic rings. The Balaban J connectivity index is 1.58. The van der Waals surface area contributed by atoms with Crippen molar-refractivity contribution in [3.8, 4) is 0 Å². The lowest BCUT2D eigenvalue weighted by Gasteiger charge is -2.34. The zero-order valence-electron chi connectivity index (χ0n) is 21.4. The first kappa shape index (κ1) is 25.8. The number of benzene rings is 2. The summed E-state index contributed by atoms with van der Waals surface area (Å²) in [5, 5.41) is 2.90. The van der Waals surface area contributed by atoms with Crippen LogP contribution in [0.2, 0.25) is 0 Å². The Kier molecular flexibility index (Phi) is 8.13. The Labute approximate surface area is 217 Å². The number of carbonyl (C=O) groups excluding carboxylic acids is 3. The van der Waals surface area contributed by atoms with Gasteiger partial charge in [-0.1, -0.05) is 48.0 Å². The summed E-state index contributed by atoms with van der Waals surface area (Å²) in [4.78, 5) is 44.8. The number of aromatic nitrogens is 1. The third-order valence-electron chi connectivity index (χ3n) is 6.47. The molecule has 0 unspecified atom stereocenters. The molecule has 2 aromatic carbocycles. The highest BCUT2D eigenvalue weighted by molar-refractivity contribution is 5.96. The smallest absolute Gasteiger partial charge is 0.336 e. The van der Waals surface area contributed by atoms with Crippen molar-refractivity contribution in [2.75, 3.05) is 6.61 Å². The van der Waals surface area contributed by atoms with Crippen LogP contribution in [0.25, 0.3) is 0 Å². The number of esters is 1. The molecule has 1 atom stereocenters. The van der Waals surface area contributed by atoms with Gasteiger partial charge in [0.2, 0.25) is 5.91 Å². The number of ether oxygens (including phenoxy) is 1. The highest BCUT2D eigenvalue weighted by Crippen LogP contribution is 2.38. The minimum absolute atomic E-state index is 0.0801. The van der Waals surface area contributed by atoms with Crippen molar-refractivity contribution in [1.29, 1.82) is 0 Å². The summed E-state index contributed by atoms with van der Waals surface area (Å²) in [6.45, 7) is 6.41. The molecule has 0 radical (unpaired) electrons. The van der Waals surface area contributed by atoms with Gasteiger partial charge in [0.1, 0.15) is 0 Å². The van der Waals surface area contributed by atoms with Crippen molar-refractivity contribution < 1.29 is 19.1 Å². The van der Waals surface area contributed by atoms with Crippen molar-refractivity contribution in [3.05, 3.63) is 112 Å². The zero-order valence-corrected chi connectivity index (χ0v) is 21.4. The zero-order chi connectivity index (χ0) is 26.4. The molecule has 1 aliphatic heterocycles. The summed E-state index contributed by atoms with van der Waals surface area (Å²) in [5.74, 6) is -1.07. The van der Waals surface area contributed by atoms with Gasteiger partial charge in [0, 0.05) is 42.5 Å². The molecule has 190 valence electrons. The summed E-state index contributed by atoms with van der Waals surface area (Å²) in [7, 11) is 0. The number of hydrogen-bond donors (Lipinski definition) is 1. The predicted molar refractivity (Wildman–Crippen MR) is 140 cm³/mol. The van der Waals surface area contributed by atoms with E-state index >= 15 is 0 Å². The first-order valence-electron chi connectivity index (χ1n) is 12.4. The van der Waals surface area contributed by atoms with E-state index in [-0.39, 0.29) is 37.3 Å². The summed E-state index contributed by atoms with van der Waals surface area (Å²) in [6.07, 6.45) is 3.56. The molecule has 2 heterocycles. The maximum Gasteiger partial charge on any atom is 0.336 e.